The first kappa shape index (κ1) is 7.11. The highest BCUT2D eigenvalue weighted by Crippen LogP contribution is 2.17. The predicted molar refractivity (Wildman–Crippen MR) is 27.5 cm³/mol. The van der Waals surface area contributed by atoms with Gasteiger partial charge in [0.1, 0.15) is 0 Å². The maximum absolute atomic E-state index is 11.4. The lowest BCUT2D eigenvalue weighted by Gasteiger charge is -2.15. The monoisotopic (exact) mass is 150 g/mol. The quantitative estimate of drug-likeness (QED) is 0.544. The number of ether oxygens (including phenoxy) is 1. The SMILES string of the molecule is FC(F)(F)COC1=CN=[C-]1. The summed E-state index contributed by atoms with van der Waals surface area (Å²) < 4.78 is 38.3. The van der Waals surface area contributed by atoms with Crippen molar-refractivity contribution in [2.75, 3.05) is 6.61 Å². The Hall–Kier alpha value is -1.00. The molecular formula is C5H3F3NO-. The minimum Gasteiger partial charge on any atom is -0.507 e. The second kappa shape index (κ2) is 2.32. The van der Waals surface area contributed by atoms with Gasteiger partial charge < -0.3 is 9.73 Å². The number of nitrogens with zero attached hydrogens (tertiary/aromatic N) is 1. The normalized spacial score (nSPS) is 16.1. The van der Waals surface area contributed by atoms with Gasteiger partial charge in [0.05, 0.1) is 0 Å². The number of hydrogen-bond acceptors (Lipinski definition) is 2. The smallest absolute Gasteiger partial charge is 0.422 e. The van der Waals surface area contributed by atoms with E-state index in [0.717, 1.165) is 0 Å². The van der Waals surface area contributed by atoms with Gasteiger partial charge in [-0.2, -0.15) is 13.2 Å². The minimum absolute atomic E-state index is 0.0531. The molecule has 0 aromatic rings. The summed E-state index contributed by atoms with van der Waals surface area (Å²) in [5.74, 6) is 0.0531. The molecule has 0 saturated heterocycles. The number of aliphatic imine (C=N–C) groups is 1. The molecule has 56 valence electrons. The first-order chi connectivity index (χ1) is 4.58. The van der Waals surface area contributed by atoms with Crippen LogP contribution in [0.25, 0.3) is 0 Å². The Bertz CT molecular complexity index is 182. The van der Waals surface area contributed by atoms with Crippen LogP contribution < -0.4 is 0 Å². The molecule has 0 fully saturated rings. The van der Waals surface area contributed by atoms with Crippen LogP contribution in [0.15, 0.2) is 17.0 Å². The van der Waals surface area contributed by atoms with E-state index in [1.54, 1.807) is 0 Å². The molecule has 10 heavy (non-hydrogen) atoms. The summed E-state index contributed by atoms with van der Waals surface area (Å²) >= 11 is 0. The van der Waals surface area contributed by atoms with E-state index in [0.29, 0.717) is 0 Å². The van der Waals surface area contributed by atoms with Crippen molar-refractivity contribution in [3.8, 4) is 0 Å². The number of rotatable bonds is 2. The maximum Gasteiger partial charge on any atom is 0.422 e. The Labute approximate surface area is 55.0 Å². The van der Waals surface area contributed by atoms with E-state index in [1.165, 1.54) is 6.20 Å². The zero-order chi connectivity index (χ0) is 7.61. The fraction of sp³-hybridized carbons (Fsp3) is 0.400. The van der Waals surface area contributed by atoms with Crippen LogP contribution in [0, 0.1) is 0 Å². The summed E-state index contributed by atoms with van der Waals surface area (Å²) in [6, 6.07) is 0. The lowest BCUT2D eigenvalue weighted by Crippen LogP contribution is -2.17. The molecule has 1 heterocycles. The largest absolute Gasteiger partial charge is 0.507 e. The Morgan fingerprint density at radius 1 is 1.60 bits per heavy atom. The average Bonchev–Trinajstić information content (AvgIpc) is 1.56. The van der Waals surface area contributed by atoms with Gasteiger partial charge in [0.2, 0.25) is 0 Å². The van der Waals surface area contributed by atoms with Crippen molar-refractivity contribution in [1.29, 1.82) is 0 Å². The van der Waals surface area contributed by atoms with Crippen molar-refractivity contribution in [1.82, 2.24) is 0 Å². The van der Waals surface area contributed by atoms with Gasteiger partial charge in [0.15, 0.2) is 6.61 Å². The van der Waals surface area contributed by atoms with Crippen LogP contribution in [-0.4, -0.2) is 19.0 Å². The van der Waals surface area contributed by atoms with Crippen molar-refractivity contribution < 1.29 is 17.9 Å². The third-order valence-electron chi connectivity index (χ3n) is 0.748. The Morgan fingerprint density at radius 3 is 2.50 bits per heavy atom. The molecular weight excluding hydrogens is 147 g/mol. The van der Waals surface area contributed by atoms with Crippen LogP contribution in [-0.2, 0) is 4.74 Å². The van der Waals surface area contributed by atoms with Crippen molar-refractivity contribution in [2.45, 2.75) is 6.18 Å². The maximum atomic E-state index is 11.4. The molecule has 0 aromatic heterocycles. The van der Waals surface area contributed by atoms with E-state index in [4.69, 9.17) is 0 Å². The number of hydrogen-bond donors (Lipinski definition) is 0. The second-order valence-corrected chi connectivity index (χ2v) is 1.64. The molecule has 1 aliphatic heterocycles. The Balaban J connectivity index is 2.17. The lowest BCUT2D eigenvalue weighted by atomic mass is 10.5. The molecule has 0 spiro atoms. The standard InChI is InChI=1S/C5H3F3NO/c6-5(7,8)3-10-4-1-9-2-4/h1H,3H2/q-1. The van der Waals surface area contributed by atoms with Crippen molar-refractivity contribution >= 4 is 6.21 Å². The zero-order valence-electron chi connectivity index (χ0n) is 4.77. The van der Waals surface area contributed by atoms with Gasteiger partial charge in [-0.1, -0.05) is 0 Å². The highest BCUT2D eigenvalue weighted by atomic mass is 19.4. The van der Waals surface area contributed by atoms with Gasteiger partial charge >= 0.3 is 6.18 Å². The molecule has 0 atom stereocenters. The van der Waals surface area contributed by atoms with Crippen LogP contribution in [0.1, 0.15) is 0 Å². The van der Waals surface area contributed by atoms with Gasteiger partial charge in [-0.25, -0.2) is 0 Å². The molecule has 0 bridgehead atoms. The number of alkyl halides is 3. The first-order valence-electron chi connectivity index (χ1n) is 2.43. The highest BCUT2D eigenvalue weighted by Gasteiger charge is 2.28. The van der Waals surface area contributed by atoms with Crippen molar-refractivity contribution in [3.63, 3.8) is 0 Å². The molecule has 1 rings (SSSR count). The molecule has 0 amide bonds. The number of allylic oxidation sites excluding steroid dienone is 1. The molecule has 0 radical (unpaired) electrons. The summed E-state index contributed by atoms with van der Waals surface area (Å²) in [4.78, 5) is 3.29. The number of halogens is 3. The summed E-state index contributed by atoms with van der Waals surface area (Å²) in [7, 11) is 0. The second-order valence-electron chi connectivity index (χ2n) is 1.64. The van der Waals surface area contributed by atoms with E-state index in [2.05, 4.69) is 15.9 Å². The van der Waals surface area contributed by atoms with Gasteiger partial charge in [0, 0.05) is 5.76 Å². The molecule has 0 unspecified atom stereocenters. The van der Waals surface area contributed by atoms with Crippen LogP contribution in [0.2, 0.25) is 0 Å². The lowest BCUT2D eigenvalue weighted by molar-refractivity contribution is -0.163. The molecule has 0 aromatic carbocycles. The Kier molecular flexibility index (Phi) is 1.65. The summed E-state index contributed by atoms with van der Waals surface area (Å²) in [6.07, 6.45) is -0.925. The van der Waals surface area contributed by atoms with E-state index in [-0.39, 0.29) is 5.76 Å². The highest BCUT2D eigenvalue weighted by molar-refractivity contribution is 5.81. The molecule has 0 saturated carbocycles. The van der Waals surface area contributed by atoms with Crippen LogP contribution in [0.3, 0.4) is 0 Å². The summed E-state index contributed by atoms with van der Waals surface area (Å²) in [5, 5.41) is 0. The van der Waals surface area contributed by atoms with Crippen molar-refractivity contribution in [2.24, 2.45) is 4.99 Å². The molecule has 1 aliphatic rings. The summed E-state index contributed by atoms with van der Waals surface area (Å²) in [6.45, 7) is -1.28. The van der Waals surface area contributed by atoms with E-state index in [9.17, 15) is 13.2 Å². The molecule has 0 aliphatic carbocycles. The van der Waals surface area contributed by atoms with Gasteiger partial charge in [-0.05, 0) is 12.4 Å². The molecule has 0 N–H and O–H groups in total. The third-order valence-corrected chi connectivity index (χ3v) is 0.748. The minimum atomic E-state index is -4.28. The molecule has 2 nitrogen and oxygen atoms in total. The van der Waals surface area contributed by atoms with Crippen LogP contribution in [0.4, 0.5) is 13.2 Å². The van der Waals surface area contributed by atoms with Crippen LogP contribution in [0.5, 0.6) is 0 Å². The van der Waals surface area contributed by atoms with E-state index < -0.39 is 12.8 Å². The summed E-state index contributed by atoms with van der Waals surface area (Å²) in [5.41, 5.74) is 0. The average molecular weight is 150 g/mol. The van der Waals surface area contributed by atoms with E-state index >= 15 is 0 Å². The van der Waals surface area contributed by atoms with Gasteiger partial charge in [-0.3, -0.25) is 0 Å². The zero-order valence-corrected chi connectivity index (χ0v) is 4.77. The van der Waals surface area contributed by atoms with Gasteiger partial charge in [0.25, 0.3) is 0 Å². The third kappa shape index (κ3) is 2.08. The fourth-order valence-electron chi connectivity index (χ4n) is 0.346. The van der Waals surface area contributed by atoms with Crippen molar-refractivity contribution in [3.05, 3.63) is 12.0 Å². The topological polar surface area (TPSA) is 21.6 Å². The van der Waals surface area contributed by atoms with E-state index in [1.807, 2.05) is 0 Å². The Morgan fingerprint density at radius 2 is 2.20 bits per heavy atom. The fourth-order valence-corrected chi connectivity index (χ4v) is 0.346. The van der Waals surface area contributed by atoms with Crippen LogP contribution >= 0.6 is 0 Å². The first-order valence-corrected chi connectivity index (χ1v) is 2.43. The predicted octanol–water partition coefficient (Wildman–Crippen LogP) is 1.37. The van der Waals surface area contributed by atoms with Gasteiger partial charge in [-0.15, -0.1) is 0 Å². The molecule has 5 heteroatoms.